The standard InChI is InChI=1S/C11H15NO2S/c1-11(2,10(13)14)7-15-9-5-3-4-8(12)6-9/h3-6H,7,12H2,1-2H3,(H,13,14). The van der Waals surface area contributed by atoms with Crippen molar-refractivity contribution in [2.24, 2.45) is 5.41 Å². The molecule has 0 atom stereocenters. The van der Waals surface area contributed by atoms with E-state index in [1.807, 2.05) is 24.3 Å². The molecule has 82 valence electrons. The smallest absolute Gasteiger partial charge is 0.309 e. The fourth-order valence-electron chi connectivity index (χ4n) is 0.930. The average molecular weight is 225 g/mol. The number of hydrogen-bond acceptors (Lipinski definition) is 3. The Labute approximate surface area is 93.7 Å². The second kappa shape index (κ2) is 4.57. The molecule has 1 aromatic carbocycles. The number of hydrogen-bond donors (Lipinski definition) is 2. The average Bonchev–Trinajstić information content (AvgIpc) is 2.15. The number of anilines is 1. The Bertz CT molecular complexity index is 363. The number of nitrogens with two attached hydrogens (primary N) is 1. The first-order chi connectivity index (χ1) is 6.92. The molecule has 0 amide bonds. The van der Waals surface area contributed by atoms with Gasteiger partial charge in [-0.2, -0.15) is 0 Å². The van der Waals surface area contributed by atoms with Crippen LogP contribution in [0.15, 0.2) is 29.2 Å². The van der Waals surface area contributed by atoms with E-state index in [9.17, 15) is 4.79 Å². The minimum absolute atomic E-state index is 0.534. The summed E-state index contributed by atoms with van der Waals surface area (Å²) in [6, 6.07) is 7.46. The van der Waals surface area contributed by atoms with Crippen LogP contribution in [0, 0.1) is 5.41 Å². The van der Waals surface area contributed by atoms with Gasteiger partial charge in [-0.15, -0.1) is 11.8 Å². The van der Waals surface area contributed by atoms with Gasteiger partial charge in [0, 0.05) is 16.3 Å². The molecule has 15 heavy (non-hydrogen) atoms. The number of carboxylic acids is 1. The molecular weight excluding hydrogens is 210 g/mol. The quantitative estimate of drug-likeness (QED) is 0.610. The van der Waals surface area contributed by atoms with E-state index in [-0.39, 0.29) is 0 Å². The first kappa shape index (κ1) is 11.9. The van der Waals surface area contributed by atoms with Crippen LogP contribution < -0.4 is 5.73 Å². The van der Waals surface area contributed by atoms with E-state index in [1.54, 1.807) is 13.8 Å². The maximum atomic E-state index is 10.9. The van der Waals surface area contributed by atoms with E-state index in [2.05, 4.69) is 0 Å². The summed E-state index contributed by atoms with van der Waals surface area (Å²) >= 11 is 1.51. The van der Waals surface area contributed by atoms with Crippen molar-refractivity contribution in [2.75, 3.05) is 11.5 Å². The molecule has 3 nitrogen and oxygen atoms in total. The van der Waals surface area contributed by atoms with E-state index in [1.165, 1.54) is 11.8 Å². The Balaban J connectivity index is 2.61. The Morgan fingerprint density at radius 3 is 2.73 bits per heavy atom. The monoisotopic (exact) mass is 225 g/mol. The number of rotatable bonds is 4. The first-order valence-corrected chi connectivity index (χ1v) is 5.62. The van der Waals surface area contributed by atoms with Crippen molar-refractivity contribution < 1.29 is 9.90 Å². The number of benzene rings is 1. The lowest BCUT2D eigenvalue weighted by molar-refractivity contribution is -0.145. The van der Waals surface area contributed by atoms with Crippen LogP contribution >= 0.6 is 11.8 Å². The predicted octanol–water partition coefficient (Wildman–Crippen LogP) is 2.47. The number of carboxylic acid groups (broad SMARTS) is 1. The molecule has 0 saturated carbocycles. The van der Waals surface area contributed by atoms with E-state index in [0.29, 0.717) is 11.4 Å². The molecule has 0 fully saturated rings. The van der Waals surface area contributed by atoms with Gasteiger partial charge in [0.2, 0.25) is 0 Å². The van der Waals surface area contributed by atoms with Gasteiger partial charge in [0.25, 0.3) is 0 Å². The minimum atomic E-state index is -0.779. The Morgan fingerprint density at radius 1 is 1.53 bits per heavy atom. The maximum absolute atomic E-state index is 10.9. The van der Waals surface area contributed by atoms with Crippen LogP contribution in [0.4, 0.5) is 5.69 Å². The molecular formula is C11H15NO2S. The summed E-state index contributed by atoms with van der Waals surface area (Å²) in [6.45, 7) is 3.43. The molecule has 0 spiro atoms. The molecule has 4 heteroatoms. The molecule has 0 aromatic heterocycles. The van der Waals surface area contributed by atoms with Crippen molar-refractivity contribution in [3.8, 4) is 0 Å². The third kappa shape index (κ3) is 3.47. The molecule has 0 heterocycles. The van der Waals surface area contributed by atoms with E-state index in [4.69, 9.17) is 10.8 Å². The summed E-state index contributed by atoms with van der Waals surface area (Å²) in [7, 11) is 0. The first-order valence-electron chi connectivity index (χ1n) is 4.63. The molecule has 0 unspecified atom stereocenters. The zero-order valence-corrected chi connectivity index (χ0v) is 9.67. The topological polar surface area (TPSA) is 63.3 Å². The normalized spacial score (nSPS) is 11.3. The third-order valence-electron chi connectivity index (χ3n) is 2.04. The summed E-state index contributed by atoms with van der Waals surface area (Å²) < 4.78 is 0. The number of carbonyl (C=O) groups is 1. The summed E-state index contributed by atoms with van der Waals surface area (Å²) in [5.41, 5.74) is 5.62. The highest BCUT2D eigenvalue weighted by atomic mass is 32.2. The highest BCUT2D eigenvalue weighted by molar-refractivity contribution is 7.99. The van der Waals surface area contributed by atoms with Gasteiger partial charge >= 0.3 is 5.97 Å². The van der Waals surface area contributed by atoms with Crippen LogP contribution in [-0.2, 0) is 4.79 Å². The van der Waals surface area contributed by atoms with Crippen molar-refractivity contribution in [3.05, 3.63) is 24.3 Å². The molecule has 1 rings (SSSR count). The van der Waals surface area contributed by atoms with Crippen LogP contribution in [0.5, 0.6) is 0 Å². The number of aliphatic carboxylic acids is 1. The van der Waals surface area contributed by atoms with Gasteiger partial charge in [-0.3, -0.25) is 4.79 Å². The highest BCUT2D eigenvalue weighted by Gasteiger charge is 2.26. The van der Waals surface area contributed by atoms with Crippen molar-refractivity contribution in [1.29, 1.82) is 0 Å². The molecule has 1 aromatic rings. The Morgan fingerprint density at radius 2 is 2.20 bits per heavy atom. The summed E-state index contributed by atoms with van der Waals surface area (Å²) in [5, 5.41) is 8.94. The van der Waals surface area contributed by atoms with Crippen molar-refractivity contribution >= 4 is 23.4 Å². The predicted molar refractivity (Wildman–Crippen MR) is 63.0 cm³/mol. The summed E-state index contributed by atoms with van der Waals surface area (Å²) in [6.07, 6.45) is 0. The SMILES string of the molecule is CC(C)(CSc1cccc(N)c1)C(=O)O. The largest absolute Gasteiger partial charge is 0.481 e. The summed E-state index contributed by atoms with van der Waals surface area (Å²) in [4.78, 5) is 11.9. The second-order valence-electron chi connectivity index (χ2n) is 4.05. The lowest BCUT2D eigenvalue weighted by atomic mass is 9.97. The minimum Gasteiger partial charge on any atom is -0.481 e. The zero-order chi connectivity index (χ0) is 11.5. The second-order valence-corrected chi connectivity index (χ2v) is 5.10. The van der Waals surface area contributed by atoms with Crippen molar-refractivity contribution in [1.82, 2.24) is 0 Å². The Kier molecular flexibility index (Phi) is 3.63. The van der Waals surface area contributed by atoms with Crippen LogP contribution in [0.1, 0.15) is 13.8 Å². The van der Waals surface area contributed by atoms with Gasteiger partial charge < -0.3 is 10.8 Å². The van der Waals surface area contributed by atoms with Crippen molar-refractivity contribution in [3.63, 3.8) is 0 Å². The van der Waals surface area contributed by atoms with Crippen LogP contribution in [0.2, 0.25) is 0 Å². The number of nitrogen functional groups attached to an aromatic ring is 1. The lowest BCUT2D eigenvalue weighted by Crippen LogP contribution is -2.26. The molecule has 0 radical (unpaired) electrons. The maximum Gasteiger partial charge on any atom is 0.309 e. The van der Waals surface area contributed by atoms with Gasteiger partial charge in [0.15, 0.2) is 0 Å². The third-order valence-corrected chi connectivity index (χ3v) is 3.49. The van der Waals surface area contributed by atoms with E-state index in [0.717, 1.165) is 4.90 Å². The molecule has 3 N–H and O–H groups in total. The Hall–Kier alpha value is -1.16. The molecule has 0 aliphatic heterocycles. The van der Waals surface area contributed by atoms with Crippen molar-refractivity contribution in [2.45, 2.75) is 18.7 Å². The number of thioether (sulfide) groups is 1. The summed E-state index contributed by atoms with van der Waals surface area (Å²) in [5.74, 6) is -0.245. The molecule has 0 saturated heterocycles. The highest BCUT2D eigenvalue weighted by Crippen LogP contribution is 2.28. The fraction of sp³-hybridized carbons (Fsp3) is 0.364. The van der Waals surface area contributed by atoms with Gasteiger partial charge in [0.1, 0.15) is 0 Å². The van der Waals surface area contributed by atoms with Gasteiger partial charge in [-0.25, -0.2) is 0 Å². The van der Waals surface area contributed by atoms with Gasteiger partial charge in [0.05, 0.1) is 5.41 Å². The van der Waals surface area contributed by atoms with Crippen LogP contribution in [0.3, 0.4) is 0 Å². The van der Waals surface area contributed by atoms with Gasteiger partial charge in [-0.1, -0.05) is 6.07 Å². The molecule has 0 aliphatic carbocycles. The van der Waals surface area contributed by atoms with E-state index >= 15 is 0 Å². The van der Waals surface area contributed by atoms with Crippen LogP contribution in [0.25, 0.3) is 0 Å². The molecule has 0 bridgehead atoms. The van der Waals surface area contributed by atoms with Gasteiger partial charge in [-0.05, 0) is 32.0 Å². The fourth-order valence-corrected chi connectivity index (χ4v) is 1.98. The zero-order valence-electron chi connectivity index (χ0n) is 8.86. The lowest BCUT2D eigenvalue weighted by Gasteiger charge is -2.18. The van der Waals surface area contributed by atoms with Crippen LogP contribution in [-0.4, -0.2) is 16.8 Å². The van der Waals surface area contributed by atoms with E-state index < -0.39 is 11.4 Å². The molecule has 0 aliphatic rings.